The number of aryl methyl sites for hydroxylation is 1. The molecule has 0 aliphatic carbocycles. The number of nitro benzene ring substituents is 1. The Bertz CT molecular complexity index is 1040. The number of ether oxygens (including phenoxy) is 1. The Morgan fingerprint density at radius 3 is 2.59 bits per heavy atom. The molecule has 150 valence electrons. The molecule has 0 saturated carbocycles. The zero-order chi connectivity index (χ0) is 21.1. The highest BCUT2D eigenvalue weighted by atomic mass is 16.6. The van der Waals surface area contributed by atoms with Gasteiger partial charge in [0.15, 0.2) is 0 Å². The number of nitriles is 1. The Morgan fingerprint density at radius 1 is 1.31 bits per heavy atom. The Morgan fingerprint density at radius 2 is 2.00 bits per heavy atom. The van der Waals surface area contributed by atoms with Gasteiger partial charge in [0.25, 0.3) is 11.6 Å². The number of aromatic nitrogens is 1. The van der Waals surface area contributed by atoms with Gasteiger partial charge in [0, 0.05) is 30.5 Å². The molecule has 1 amide bonds. The van der Waals surface area contributed by atoms with Crippen molar-refractivity contribution >= 4 is 23.4 Å². The van der Waals surface area contributed by atoms with Crippen molar-refractivity contribution in [1.82, 2.24) is 4.57 Å². The van der Waals surface area contributed by atoms with Crippen molar-refractivity contribution in [3.63, 3.8) is 0 Å². The van der Waals surface area contributed by atoms with Crippen molar-refractivity contribution in [2.75, 3.05) is 31.2 Å². The molecule has 3 rings (SSSR count). The number of benzene rings is 1. The molecule has 0 unspecified atom stereocenters. The summed E-state index contributed by atoms with van der Waals surface area (Å²) in [5.41, 5.74) is 8.47. The smallest absolute Gasteiger partial charge is 0.294 e. The molecule has 2 heterocycles. The summed E-state index contributed by atoms with van der Waals surface area (Å²) in [6, 6.07) is 8.70. The van der Waals surface area contributed by atoms with E-state index >= 15 is 0 Å². The van der Waals surface area contributed by atoms with Gasteiger partial charge in [-0.3, -0.25) is 14.9 Å². The summed E-state index contributed by atoms with van der Waals surface area (Å²) in [5.74, 6) is -0.803. The topological polar surface area (TPSA) is 127 Å². The van der Waals surface area contributed by atoms with Gasteiger partial charge < -0.3 is 19.9 Å². The van der Waals surface area contributed by atoms with Gasteiger partial charge in [0.05, 0.1) is 23.8 Å². The van der Waals surface area contributed by atoms with E-state index in [1.54, 1.807) is 18.2 Å². The van der Waals surface area contributed by atoms with Gasteiger partial charge in [-0.05, 0) is 43.7 Å². The molecule has 0 radical (unpaired) electrons. The Labute approximate surface area is 167 Å². The summed E-state index contributed by atoms with van der Waals surface area (Å²) in [6.45, 7) is 5.93. The molecule has 1 fully saturated rings. The minimum Gasteiger partial charge on any atom is -0.378 e. The molecular weight excluding hydrogens is 374 g/mol. The molecule has 9 heteroatoms. The van der Waals surface area contributed by atoms with Crippen LogP contribution in [0, 0.1) is 35.3 Å². The van der Waals surface area contributed by atoms with Crippen LogP contribution in [0.5, 0.6) is 0 Å². The molecule has 0 atom stereocenters. The molecule has 0 spiro atoms. The fraction of sp³-hybridized carbons (Fsp3) is 0.300. The predicted octanol–water partition coefficient (Wildman–Crippen LogP) is 2.23. The lowest BCUT2D eigenvalue weighted by Gasteiger charge is -2.28. The maximum Gasteiger partial charge on any atom is 0.294 e. The third kappa shape index (κ3) is 3.97. The molecule has 0 bridgehead atoms. The summed E-state index contributed by atoms with van der Waals surface area (Å²) in [6.07, 6.45) is 1.43. The summed E-state index contributed by atoms with van der Waals surface area (Å²) in [7, 11) is 0. The van der Waals surface area contributed by atoms with E-state index in [4.69, 9.17) is 15.7 Å². The fourth-order valence-corrected chi connectivity index (χ4v) is 3.51. The van der Waals surface area contributed by atoms with Crippen molar-refractivity contribution in [2.24, 2.45) is 5.73 Å². The van der Waals surface area contributed by atoms with E-state index in [1.807, 2.05) is 29.4 Å². The first-order valence-corrected chi connectivity index (χ1v) is 9.05. The fourth-order valence-electron chi connectivity index (χ4n) is 3.51. The van der Waals surface area contributed by atoms with Gasteiger partial charge in [0.2, 0.25) is 0 Å². The zero-order valence-corrected chi connectivity index (χ0v) is 16.2. The Hall–Kier alpha value is -3.64. The number of rotatable bonds is 5. The molecule has 1 aliphatic rings. The number of primary amides is 1. The van der Waals surface area contributed by atoms with Crippen molar-refractivity contribution < 1.29 is 14.5 Å². The number of nitrogens with two attached hydrogens (primary N) is 1. The normalized spacial score (nSPS) is 14.5. The number of nitrogens with zero attached hydrogens (tertiary/aromatic N) is 4. The summed E-state index contributed by atoms with van der Waals surface area (Å²) < 4.78 is 7.17. The number of carbonyl (C=O) groups excluding carboxylic acids is 1. The van der Waals surface area contributed by atoms with E-state index in [-0.39, 0.29) is 16.2 Å². The molecule has 2 N–H and O–H groups in total. The summed E-state index contributed by atoms with van der Waals surface area (Å²) in [5, 5.41) is 20.8. The number of morpholine rings is 1. The average Bonchev–Trinajstić information content (AvgIpc) is 2.99. The second kappa shape index (κ2) is 8.16. The third-order valence-corrected chi connectivity index (χ3v) is 4.92. The molecule has 9 nitrogen and oxygen atoms in total. The van der Waals surface area contributed by atoms with Gasteiger partial charge >= 0.3 is 0 Å². The average molecular weight is 395 g/mol. The largest absolute Gasteiger partial charge is 0.378 e. The van der Waals surface area contributed by atoms with E-state index in [0.29, 0.717) is 43.2 Å². The lowest BCUT2D eigenvalue weighted by Crippen LogP contribution is -2.36. The minimum absolute atomic E-state index is 0.0174. The first kappa shape index (κ1) is 20.1. The summed E-state index contributed by atoms with van der Waals surface area (Å²) >= 11 is 0. The van der Waals surface area contributed by atoms with Crippen LogP contribution in [-0.4, -0.2) is 41.7 Å². The van der Waals surface area contributed by atoms with Crippen LogP contribution in [0.15, 0.2) is 29.8 Å². The van der Waals surface area contributed by atoms with Crippen molar-refractivity contribution in [3.05, 3.63) is 56.9 Å². The van der Waals surface area contributed by atoms with E-state index in [0.717, 1.165) is 11.4 Å². The van der Waals surface area contributed by atoms with Crippen LogP contribution in [0.2, 0.25) is 0 Å². The minimum atomic E-state index is -0.803. The first-order valence-electron chi connectivity index (χ1n) is 9.05. The van der Waals surface area contributed by atoms with Gasteiger partial charge in [0.1, 0.15) is 17.3 Å². The number of hydrogen-bond acceptors (Lipinski definition) is 6. The molecule has 1 aliphatic heterocycles. The lowest BCUT2D eigenvalue weighted by molar-refractivity contribution is -0.384. The van der Waals surface area contributed by atoms with Crippen LogP contribution in [0.25, 0.3) is 11.8 Å². The second-order valence-electron chi connectivity index (χ2n) is 6.73. The van der Waals surface area contributed by atoms with E-state index in [2.05, 4.69) is 0 Å². The second-order valence-corrected chi connectivity index (χ2v) is 6.73. The van der Waals surface area contributed by atoms with Crippen LogP contribution in [-0.2, 0) is 9.53 Å². The number of hydrogen-bond donors (Lipinski definition) is 1. The highest BCUT2D eigenvalue weighted by Crippen LogP contribution is 2.33. The van der Waals surface area contributed by atoms with E-state index < -0.39 is 5.91 Å². The lowest BCUT2D eigenvalue weighted by atomic mass is 10.1. The molecule has 1 aromatic carbocycles. The van der Waals surface area contributed by atoms with Crippen LogP contribution in [0.3, 0.4) is 0 Å². The number of anilines is 1. The molecule has 2 aromatic rings. The highest BCUT2D eigenvalue weighted by molar-refractivity contribution is 6.00. The van der Waals surface area contributed by atoms with E-state index in [9.17, 15) is 14.9 Å². The summed E-state index contributed by atoms with van der Waals surface area (Å²) in [4.78, 5) is 24.6. The van der Waals surface area contributed by atoms with Crippen LogP contribution < -0.4 is 10.6 Å². The zero-order valence-electron chi connectivity index (χ0n) is 16.2. The van der Waals surface area contributed by atoms with Crippen molar-refractivity contribution in [3.8, 4) is 11.8 Å². The van der Waals surface area contributed by atoms with Gasteiger partial charge in [-0.25, -0.2) is 0 Å². The maximum absolute atomic E-state index is 11.7. The Balaban J connectivity index is 2.07. The molecule has 1 saturated heterocycles. The van der Waals surface area contributed by atoms with Crippen LogP contribution >= 0.6 is 0 Å². The quantitative estimate of drug-likeness (QED) is 0.358. The van der Waals surface area contributed by atoms with Gasteiger partial charge in [-0.1, -0.05) is 0 Å². The standard InChI is InChI=1S/C20H21N5O4/c1-13-9-15(10-16(12-21)20(22)26)14(2)24(13)17-3-4-18(19(11-17)25(27)28)23-5-7-29-8-6-23/h3-4,9-11H,5-8H2,1-2H3,(H2,22,26)/b16-10+. The number of carbonyl (C=O) groups is 1. The SMILES string of the molecule is Cc1cc(/C=C(\C#N)C(N)=O)c(C)n1-c1ccc(N2CCOCC2)c([N+](=O)[O-])c1. The predicted molar refractivity (Wildman–Crippen MR) is 108 cm³/mol. The number of nitro groups is 1. The Kier molecular flexibility index (Phi) is 5.66. The highest BCUT2D eigenvalue weighted by Gasteiger charge is 2.23. The van der Waals surface area contributed by atoms with Crippen molar-refractivity contribution in [1.29, 1.82) is 5.26 Å². The monoisotopic (exact) mass is 395 g/mol. The van der Waals surface area contributed by atoms with Gasteiger partial charge in [-0.15, -0.1) is 0 Å². The van der Waals surface area contributed by atoms with Crippen molar-refractivity contribution in [2.45, 2.75) is 13.8 Å². The molecule has 1 aromatic heterocycles. The van der Waals surface area contributed by atoms with Crippen LogP contribution in [0.1, 0.15) is 17.0 Å². The molecule has 29 heavy (non-hydrogen) atoms. The van der Waals surface area contributed by atoms with E-state index in [1.165, 1.54) is 12.1 Å². The van der Waals surface area contributed by atoms with Crippen LogP contribution in [0.4, 0.5) is 11.4 Å². The molecular formula is C20H21N5O4. The number of amides is 1. The maximum atomic E-state index is 11.7. The van der Waals surface area contributed by atoms with Gasteiger partial charge in [-0.2, -0.15) is 5.26 Å². The first-order chi connectivity index (χ1) is 13.8. The third-order valence-electron chi connectivity index (χ3n) is 4.92.